The molecule has 0 unspecified atom stereocenters. The van der Waals surface area contributed by atoms with Crippen LogP contribution < -0.4 is 16.0 Å². The van der Waals surface area contributed by atoms with E-state index in [0.717, 1.165) is 54.0 Å². The van der Waals surface area contributed by atoms with Crippen molar-refractivity contribution in [3.63, 3.8) is 0 Å². The third-order valence-corrected chi connectivity index (χ3v) is 5.15. The van der Waals surface area contributed by atoms with Crippen molar-refractivity contribution in [3.8, 4) is 11.1 Å². The van der Waals surface area contributed by atoms with E-state index in [1.54, 1.807) is 0 Å². The molecule has 3 N–H and O–H groups in total. The van der Waals surface area contributed by atoms with Gasteiger partial charge in [-0.1, -0.05) is 35.4 Å². The number of halogens is 1. The Hall–Kier alpha value is -2.14. The summed E-state index contributed by atoms with van der Waals surface area (Å²) in [5, 5.41) is 5.13. The Morgan fingerprint density at radius 3 is 2.65 bits per heavy atom. The van der Waals surface area contributed by atoms with E-state index >= 15 is 0 Å². The highest BCUT2D eigenvalue weighted by Crippen LogP contribution is 2.31. The van der Waals surface area contributed by atoms with Crippen molar-refractivity contribution in [3.05, 3.63) is 58.6 Å². The monoisotopic (exact) mass is 366 g/mol. The predicted molar refractivity (Wildman–Crippen MR) is 110 cm³/mol. The number of nitrogens with one attached hydrogen (secondary N) is 1. The fourth-order valence-electron chi connectivity index (χ4n) is 3.57. The van der Waals surface area contributed by atoms with Gasteiger partial charge in [0.2, 0.25) is 0 Å². The zero-order valence-corrected chi connectivity index (χ0v) is 15.7. The Morgan fingerprint density at radius 2 is 1.88 bits per heavy atom. The second-order valence-electron chi connectivity index (χ2n) is 6.85. The predicted octanol–water partition coefficient (Wildman–Crippen LogP) is 3.73. The molecule has 1 aliphatic rings. The molecule has 1 aromatic heterocycles. The lowest BCUT2D eigenvalue weighted by Gasteiger charge is -2.29. The van der Waals surface area contributed by atoms with Crippen LogP contribution in [0.4, 0.5) is 5.82 Å². The van der Waals surface area contributed by atoms with Gasteiger partial charge in [0.05, 0.1) is 10.5 Å². The van der Waals surface area contributed by atoms with E-state index in [1.165, 1.54) is 11.1 Å². The molecule has 1 saturated heterocycles. The molecule has 2 heterocycles. The van der Waals surface area contributed by atoms with Gasteiger partial charge in [0.25, 0.3) is 0 Å². The van der Waals surface area contributed by atoms with Gasteiger partial charge >= 0.3 is 0 Å². The average molecular weight is 367 g/mol. The summed E-state index contributed by atoms with van der Waals surface area (Å²) in [4.78, 5) is 7.08. The summed E-state index contributed by atoms with van der Waals surface area (Å²) in [5.74, 6) is 0.884. The van der Waals surface area contributed by atoms with Crippen LogP contribution in [-0.2, 0) is 6.54 Å². The first-order valence-electron chi connectivity index (χ1n) is 9.01. The highest BCUT2D eigenvalue weighted by molar-refractivity contribution is 6.33. The molecule has 1 aliphatic heterocycles. The largest absolute Gasteiger partial charge is 0.353 e. The van der Waals surface area contributed by atoms with Gasteiger partial charge in [-0.2, -0.15) is 0 Å². The van der Waals surface area contributed by atoms with Crippen molar-refractivity contribution < 1.29 is 0 Å². The molecule has 2 aromatic carbocycles. The van der Waals surface area contributed by atoms with E-state index in [4.69, 9.17) is 22.3 Å². The van der Waals surface area contributed by atoms with E-state index < -0.39 is 0 Å². The van der Waals surface area contributed by atoms with Crippen LogP contribution in [0.2, 0.25) is 5.02 Å². The van der Waals surface area contributed by atoms with Crippen LogP contribution in [0.15, 0.2) is 42.5 Å². The van der Waals surface area contributed by atoms with Gasteiger partial charge in [-0.15, -0.1) is 0 Å². The minimum atomic E-state index is 0.545. The number of hydrogen-bond acceptors (Lipinski definition) is 4. The van der Waals surface area contributed by atoms with Crippen molar-refractivity contribution in [2.75, 3.05) is 31.1 Å². The number of rotatable bonds is 3. The number of hydrogen-bond donors (Lipinski definition) is 2. The Morgan fingerprint density at radius 1 is 1.08 bits per heavy atom. The maximum absolute atomic E-state index is 6.57. The minimum Gasteiger partial charge on any atom is -0.353 e. The molecule has 26 heavy (non-hydrogen) atoms. The normalized spacial score (nSPS) is 14.8. The molecule has 0 spiro atoms. The van der Waals surface area contributed by atoms with Crippen molar-refractivity contribution in [2.45, 2.75) is 13.5 Å². The first-order chi connectivity index (χ1) is 12.6. The molecule has 4 nitrogen and oxygen atoms in total. The second-order valence-corrected chi connectivity index (χ2v) is 7.26. The zero-order valence-electron chi connectivity index (χ0n) is 14.9. The van der Waals surface area contributed by atoms with Crippen molar-refractivity contribution in [2.24, 2.45) is 5.73 Å². The molecule has 0 radical (unpaired) electrons. The fourth-order valence-corrected chi connectivity index (χ4v) is 3.84. The van der Waals surface area contributed by atoms with Gasteiger partial charge in [0.1, 0.15) is 5.82 Å². The molecule has 134 valence electrons. The summed E-state index contributed by atoms with van der Waals surface area (Å²) in [5.41, 5.74) is 11.5. The van der Waals surface area contributed by atoms with Crippen LogP contribution in [0.1, 0.15) is 11.1 Å². The summed E-state index contributed by atoms with van der Waals surface area (Å²) in [6.07, 6.45) is 0. The first kappa shape index (κ1) is 17.3. The van der Waals surface area contributed by atoms with Crippen LogP contribution in [0.5, 0.6) is 0 Å². The third kappa shape index (κ3) is 3.40. The van der Waals surface area contributed by atoms with Crippen LogP contribution in [0.25, 0.3) is 22.0 Å². The van der Waals surface area contributed by atoms with E-state index in [2.05, 4.69) is 53.5 Å². The van der Waals surface area contributed by atoms with Crippen LogP contribution >= 0.6 is 11.6 Å². The Kier molecular flexibility index (Phi) is 4.81. The minimum absolute atomic E-state index is 0.545. The van der Waals surface area contributed by atoms with Crippen molar-refractivity contribution >= 4 is 28.3 Å². The van der Waals surface area contributed by atoms with E-state index in [9.17, 15) is 0 Å². The molecule has 4 rings (SSSR count). The van der Waals surface area contributed by atoms with E-state index in [-0.39, 0.29) is 0 Å². The van der Waals surface area contributed by atoms with E-state index in [1.807, 2.05) is 6.07 Å². The molecular formula is C21H23ClN4. The SMILES string of the molecule is Cc1cc(CN)cc(-c2ccc3nc(N4CCNCC4)c(Cl)cc3c2)c1. The van der Waals surface area contributed by atoms with Crippen LogP contribution in [0.3, 0.4) is 0 Å². The van der Waals surface area contributed by atoms with Crippen LogP contribution in [-0.4, -0.2) is 31.2 Å². The summed E-state index contributed by atoms with van der Waals surface area (Å²) < 4.78 is 0. The molecule has 0 atom stereocenters. The molecule has 5 heteroatoms. The highest BCUT2D eigenvalue weighted by Gasteiger charge is 2.16. The lowest BCUT2D eigenvalue weighted by Crippen LogP contribution is -2.44. The van der Waals surface area contributed by atoms with Crippen molar-refractivity contribution in [1.82, 2.24) is 10.3 Å². The quantitative estimate of drug-likeness (QED) is 0.741. The van der Waals surface area contributed by atoms with E-state index in [0.29, 0.717) is 11.6 Å². The van der Waals surface area contributed by atoms with Gasteiger partial charge in [-0.05, 0) is 47.9 Å². The number of nitrogens with zero attached hydrogens (tertiary/aromatic N) is 2. The van der Waals surface area contributed by atoms with Crippen molar-refractivity contribution in [1.29, 1.82) is 0 Å². The summed E-state index contributed by atoms with van der Waals surface area (Å²) >= 11 is 6.57. The molecule has 0 bridgehead atoms. The highest BCUT2D eigenvalue weighted by atomic mass is 35.5. The lowest BCUT2D eigenvalue weighted by atomic mass is 9.99. The van der Waals surface area contributed by atoms with Gasteiger partial charge in [-0.25, -0.2) is 4.98 Å². The van der Waals surface area contributed by atoms with Gasteiger partial charge < -0.3 is 16.0 Å². The van der Waals surface area contributed by atoms with Gasteiger partial charge in [-0.3, -0.25) is 0 Å². The molecule has 1 fully saturated rings. The number of benzene rings is 2. The number of anilines is 1. The first-order valence-corrected chi connectivity index (χ1v) is 9.39. The van der Waals surface area contributed by atoms with Gasteiger partial charge in [0.15, 0.2) is 0 Å². The second kappa shape index (κ2) is 7.23. The zero-order chi connectivity index (χ0) is 18.1. The van der Waals surface area contributed by atoms with Crippen LogP contribution in [0, 0.1) is 6.92 Å². The average Bonchev–Trinajstić information content (AvgIpc) is 2.67. The molecule has 0 amide bonds. The summed E-state index contributed by atoms with van der Waals surface area (Å²) in [7, 11) is 0. The number of fused-ring (bicyclic) bond motifs is 1. The third-order valence-electron chi connectivity index (χ3n) is 4.87. The molecule has 0 saturated carbocycles. The smallest absolute Gasteiger partial charge is 0.148 e. The number of aromatic nitrogens is 1. The summed E-state index contributed by atoms with van der Waals surface area (Å²) in [6, 6.07) is 14.9. The standard InChI is InChI=1S/C21H23ClN4/c1-14-8-15(13-23)10-17(9-14)16-2-3-20-18(11-16)12-19(22)21(25-20)26-6-4-24-5-7-26/h2-3,8-12,24H,4-7,13,23H2,1H3. The Labute approximate surface area is 159 Å². The Bertz CT molecular complexity index is 948. The maximum Gasteiger partial charge on any atom is 0.148 e. The number of aryl methyl sites for hydroxylation is 1. The maximum atomic E-state index is 6.57. The fraction of sp³-hybridized carbons (Fsp3) is 0.286. The number of nitrogens with two attached hydrogens (primary N) is 1. The number of pyridine rings is 1. The summed E-state index contributed by atoms with van der Waals surface area (Å²) in [6.45, 7) is 6.44. The lowest BCUT2D eigenvalue weighted by molar-refractivity contribution is 0.585. The molecule has 3 aromatic rings. The molecular weight excluding hydrogens is 344 g/mol. The molecule has 0 aliphatic carbocycles. The Balaban J connectivity index is 1.75. The number of piperazine rings is 1. The topological polar surface area (TPSA) is 54.2 Å². The van der Waals surface area contributed by atoms with Gasteiger partial charge in [0, 0.05) is 38.1 Å².